The average molecular weight is 494 g/mol. The van der Waals surface area contributed by atoms with E-state index in [1.54, 1.807) is 14.2 Å². The lowest BCUT2D eigenvalue weighted by Crippen LogP contribution is -2.46. The molecule has 0 saturated carbocycles. The van der Waals surface area contributed by atoms with E-state index in [0.717, 1.165) is 25.2 Å². The topological polar surface area (TPSA) is 55.4 Å². The highest BCUT2D eigenvalue weighted by Crippen LogP contribution is 2.28. The van der Waals surface area contributed by atoms with E-state index in [1.807, 2.05) is 14.2 Å². The molecular formula is C21H51N3O4Si3. The van der Waals surface area contributed by atoms with Gasteiger partial charge in [0.25, 0.3) is 0 Å². The van der Waals surface area contributed by atoms with Crippen LogP contribution in [0, 0.1) is 0 Å². The molecule has 1 saturated heterocycles. The van der Waals surface area contributed by atoms with Gasteiger partial charge in [-0.15, -0.1) is 0 Å². The summed E-state index contributed by atoms with van der Waals surface area (Å²) in [4.78, 5) is 5.05. The van der Waals surface area contributed by atoms with E-state index in [1.165, 1.54) is 58.4 Å². The Balaban J connectivity index is 2.29. The third-order valence-corrected chi connectivity index (χ3v) is 18.4. The first-order valence-electron chi connectivity index (χ1n) is 12.1. The molecule has 7 nitrogen and oxygen atoms in total. The molecule has 31 heavy (non-hydrogen) atoms. The number of nitrogens with zero attached hydrogens (tertiary/aromatic N) is 2. The molecule has 0 radical (unpaired) electrons. The molecule has 186 valence electrons. The minimum absolute atomic E-state index is 0.299. The monoisotopic (exact) mass is 493 g/mol. The third kappa shape index (κ3) is 11.4. The predicted octanol–water partition coefficient (Wildman–Crippen LogP) is 1.96. The van der Waals surface area contributed by atoms with Crippen molar-refractivity contribution in [3.63, 3.8) is 0 Å². The van der Waals surface area contributed by atoms with Crippen LogP contribution in [-0.2, 0) is 17.7 Å². The van der Waals surface area contributed by atoms with E-state index in [4.69, 9.17) is 17.7 Å². The van der Waals surface area contributed by atoms with Gasteiger partial charge in [0, 0.05) is 64.1 Å². The second-order valence-electron chi connectivity index (χ2n) is 9.30. The fourth-order valence-corrected chi connectivity index (χ4v) is 12.1. The summed E-state index contributed by atoms with van der Waals surface area (Å²) in [5.74, 6) is 0. The van der Waals surface area contributed by atoms with E-state index in [9.17, 15) is 0 Å². The van der Waals surface area contributed by atoms with Crippen LogP contribution in [0.4, 0.5) is 0 Å². The molecule has 1 N–H and O–H groups in total. The van der Waals surface area contributed by atoms with Crippen LogP contribution in [0.2, 0.25) is 24.3 Å². The highest BCUT2D eigenvalue weighted by molar-refractivity contribution is 6.77. The zero-order valence-electron chi connectivity index (χ0n) is 21.5. The standard InChI is InChI=1S/C21H51N3O4Si3/c1-23-15-17-24(18-16-23)14-10-8-9-12-21(31(7,27-4)28-5)29-20-22-13-11-19-30(6,25-2)26-3/h21-22H,8-20,29H2,1-7H3. The van der Waals surface area contributed by atoms with Crippen molar-refractivity contribution in [3.8, 4) is 0 Å². The molecule has 1 fully saturated rings. The molecule has 1 unspecified atom stereocenters. The lowest BCUT2D eigenvalue weighted by molar-refractivity contribution is 0.152. The molecule has 1 aliphatic rings. The molecule has 1 heterocycles. The van der Waals surface area contributed by atoms with Crippen molar-refractivity contribution in [3.05, 3.63) is 0 Å². The second-order valence-corrected chi connectivity index (χ2v) is 19.4. The lowest BCUT2D eigenvalue weighted by atomic mass is 10.2. The van der Waals surface area contributed by atoms with E-state index in [0.29, 0.717) is 5.16 Å². The van der Waals surface area contributed by atoms with Gasteiger partial charge in [-0.2, -0.15) is 0 Å². The molecule has 0 aromatic carbocycles. The van der Waals surface area contributed by atoms with Gasteiger partial charge in [0.15, 0.2) is 0 Å². The van der Waals surface area contributed by atoms with Crippen molar-refractivity contribution in [2.45, 2.75) is 56.4 Å². The maximum Gasteiger partial charge on any atom is 0.334 e. The summed E-state index contributed by atoms with van der Waals surface area (Å²) < 4.78 is 23.0. The number of nitrogens with one attached hydrogen (secondary N) is 1. The van der Waals surface area contributed by atoms with Crippen molar-refractivity contribution in [2.75, 3.05) is 80.9 Å². The van der Waals surface area contributed by atoms with Gasteiger partial charge < -0.3 is 32.8 Å². The fourth-order valence-electron chi connectivity index (χ4n) is 4.28. The van der Waals surface area contributed by atoms with Gasteiger partial charge in [-0.3, -0.25) is 0 Å². The number of hydrogen-bond donors (Lipinski definition) is 1. The molecule has 0 spiro atoms. The fraction of sp³-hybridized carbons (Fsp3) is 1.00. The summed E-state index contributed by atoms with van der Waals surface area (Å²) in [6.07, 6.45) is 7.46. The van der Waals surface area contributed by atoms with Crippen molar-refractivity contribution < 1.29 is 17.7 Å². The van der Waals surface area contributed by atoms with Crippen LogP contribution in [0.5, 0.6) is 0 Å². The van der Waals surface area contributed by atoms with Crippen molar-refractivity contribution in [2.24, 2.45) is 0 Å². The summed E-state index contributed by atoms with van der Waals surface area (Å²) >= 11 is 0. The van der Waals surface area contributed by atoms with Crippen LogP contribution in [0.15, 0.2) is 0 Å². The van der Waals surface area contributed by atoms with Gasteiger partial charge in [-0.25, -0.2) is 0 Å². The molecule has 1 atom stereocenters. The van der Waals surface area contributed by atoms with Crippen LogP contribution in [0.25, 0.3) is 0 Å². The zero-order valence-corrected chi connectivity index (χ0v) is 24.9. The molecule has 0 bridgehead atoms. The van der Waals surface area contributed by atoms with Crippen LogP contribution in [0.1, 0.15) is 32.1 Å². The van der Waals surface area contributed by atoms with E-state index in [2.05, 4.69) is 35.3 Å². The SMILES string of the molecule is CO[Si](C)(CCCNC[SiH2]C(CCCCCN1CCN(C)CC1)[Si](C)(OC)OC)OC. The number of likely N-dealkylation sites (N-methyl/N-ethyl adjacent to an activating group) is 1. The minimum Gasteiger partial charge on any atom is -0.398 e. The van der Waals surface area contributed by atoms with E-state index < -0.39 is 17.1 Å². The Labute approximate surface area is 196 Å². The third-order valence-electron chi connectivity index (χ3n) is 7.19. The maximum atomic E-state index is 5.95. The first-order valence-corrected chi connectivity index (χ1v) is 18.9. The van der Waals surface area contributed by atoms with Gasteiger partial charge in [0.1, 0.15) is 0 Å². The number of rotatable bonds is 18. The smallest absolute Gasteiger partial charge is 0.334 e. The predicted molar refractivity (Wildman–Crippen MR) is 138 cm³/mol. The highest BCUT2D eigenvalue weighted by atomic mass is 28.4. The summed E-state index contributed by atoms with van der Waals surface area (Å²) in [6.45, 7) is 11.6. The van der Waals surface area contributed by atoms with Crippen molar-refractivity contribution >= 4 is 26.6 Å². The maximum absolute atomic E-state index is 5.95. The van der Waals surface area contributed by atoms with Gasteiger partial charge >= 0.3 is 17.1 Å². The molecule has 0 aliphatic carbocycles. The molecule has 0 aromatic heterocycles. The summed E-state index contributed by atoms with van der Waals surface area (Å²) in [5, 5.41) is 4.34. The Hall–Kier alpha value is 0.371. The number of hydrogen-bond acceptors (Lipinski definition) is 7. The summed E-state index contributed by atoms with van der Waals surface area (Å²) in [6, 6.07) is 1.04. The lowest BCUT2D eigenvalue weighted by Gasteiger charge is -2.33. The average Bonchev–Trinajstić information content (AvgIpc) is 2.80. The molecule has 0 aromatic rings. The molecule has 1 aliphatic heterocycles. The van der Waals surface area contributed by atoms with Crippen LogP contribution < -0.4 is 5.32 Å². The quantitative estimate of drug-likeness (QED) is 0.231. The molecule has 10 heteroatoms. The Bertz CT molecular complexity index is 450. The van der Waals surface area contributed by atoms with Gasteiger partial charge in [0.2, 0.25) is 0 Å². The van der Waals surface area contributed by atoms with Crippen LogP contribution in [-0.4, -0.2) is 117 Å². The second kappa shape index (κ2) is 16.1. The van der Waals surface area contributed by atoms with E-state index >= 15 is 0 Å². The highest BCUT2D eigenvalue weighted by Gasteiger charge is 2.38. The Kier molecular flexibility index (Phi) is 15.2. The van der Waals surface area contributed by atoms with Crippen LogP contribution >= 0.6 is 0 Å². The number of unbranched alkanes of at least 4 members (excludes halogenated alkanes) is 2. The van der Waals surface area contributed by atoms with Gasteiger partial charge in [-0.05, 0) is 63.4 Å². The van der Waals surface area contributed by atoms with Gasteiger partial charge in [0.05, 0.1) is 0 Å². The molecule has 0 amide bonds. The van der Waals surface area contributed by atoms with Crippen molar-refractivity contribution in [1.29, 1.82) is 0 Å². The normalized spacial score (nSPS) is 18.3. The first-order chi connectivity index (χ1) is 14.8. The van der Waals surface area contributed by atoms with Crippen LogP contribution in [0.3, 0.4) is 0 Å². The summed E-state index contributed by atoms with van der Waals surface area (Å²) in [7, 11) is 5.16. The number of piperazine rings is 1. The van der Waals surface area contributed by atoms with Gasteiger partial charge in [-0.1, -0.05) is 19.3 Å². The Morgan fingerprint density at radius 1 is 0.871 bits per heavy atom. The Morgan fingerprint density at radius 3 is 2.10 bits per heavy atom. The molecule has 1 rings (SSSR count). The first kappa shape index (κ1) is 29.4. The summed E-state index contributed by atoms with van der Waals surface area (Å²) in [5.41, 5.74) is 0. The Morgan fingerprint density at radius 2 is 1.52 bits per heavy atom. The van der Waals surface area contributed by atoms with Crippen molar-refractivity contribution in [1.82, 2.24) is 15.1 Å². The zero-order chi connectivity index (χ0) is 23.2. The molecular weight excluding hydrogens is 443 g/mol. The largest absolute Gasteiger partial charge is 0.398 e. The van der Waals surface area contributed by atoms with E-state index in [-0.39, 0.29) is 9.52 Å². The minimum atomic E-state index is -2.06.